The molecule has 0 atom stereocenters. The molecule has 206 valence electrons. The second-order valence-corrected chi connectivity index (χ2v) is 8.88. The first-order valence-corrected chi connectivity index (χ1v) is 13.9. The Labute approximate surface area is 240 Å². The molecule has 2 aromatic carbocycles. The number of thiol groups is 1. The van der Waals surface area contributed by atoms with Crippen LogP contribution in [0.4, 0.5) is 17.1 Å². The second kappa shape index (κ2) is 15.3. The smallest absolute Gasteiger partial charge is 0.326 e. The van der Waals surface area contributed by atoms with Gasteiger partial charge in [0.15, 0.2) is 0 Å². The molecule has 11 heteroatoms. The number of aromatic nitrogens is 1. The van der Waals surface area contributed by atoms with Crippen molar-refractivity contribution >= 4 is 54.2 Å². The third-order valence-electron chi connectivity index (χ3n) is 6.36. The van der Waals surface area contributed by atoms with E-state index in [2.05, 4.69) is 33.8 Å². The monoisotopic (exact) mass is 557 g/mol. The van der Waals surface area contributed by atoms with E-state index >= 15 is 0 Å². The number of anilines is 3. The highest BCUT2D eigenvalue weighted by molar-refractivity contribution is 7.79. The third kappa shape index (κ3) is 8.10. The molecular formula is C29H32BN5O4S. The Hall–Kier alpha value is -4.30. The summed E-state index contributed by atoms with van der Waals surface area (Å²) in [6.45, 7) is 3.43. The summed E-state index contributed by atoms with van der Waals surface area (Å²) in [5, 5.41) is 11.9. The number of amides is 2. The first-order chi connectivity index (χ1) is 19.5. The highest BCUT2D eigenvalue weighted by Gasteiger charge is 2.23. The summed E-state index contributed by atoms with van der Waals surface area (Å²) in [6.07, 6.45) is 6.39. The summed E-state index contributed by atoms with van der Waals surface area (Å²) in [5.41, 5.74) is 2.91. The minimum absolute atomic E-state index is 0.119. The van der Waals surface area contributed by atoms with E-state index in [1.807, 2.05) is 12.1 Å². The number of ether oxygens (including phenoxy) is 1. The molecule has 0 bridgehead atoms. The fourth-order valence-corrected chi connectivity index (χ4v) is 4.28. The van der Waals surface area contributed by atoms with E-state index in [1.54, 1.807) is 67.9 Å². The van der Waals surface area contributed by atoms with Gasteiger partial charge in [0.05, 0.1) is 12.2 Å². The fourth-order valence-electron chi connectivity index (χ4n) is 4.28. The molecule has 0 spiro atoms. The molecule has 0 unspecified atom stereocenters. The van der Waals surface area contributed by atoms with Gasteiger partial charge in [-0.25, -0.2) is 5.26 Å². The van der Waals surface area contributed by atoms with Crippen LogP contribution in [0.5, 0.6) is 0 Å². The summed E-state index contributed by atoms with van der Waals surface area (Å²) in [4.78, 5) is 45.6. The van der Waals surface area contributed by atoms with Crippen LogP contribution in [0.15, 0.2) is 73.1 Å². The van der Waals surface area contributed by atoms with Crippen molar-refractivity contribution in [2.75, 3.05) is 47.6 Å². The maximum atomic E-state index is 13.1. The van der Waals surface area contributed by atoms with Crippen molar-refractivity contribution in [1.82, 2.24) is 4.98 Å². The van der Waals surface area contributed by atoms with E-state index in [1.165, 1.54) is 11.1 Å². The highest BCUT2D eigenvalue weighted by Crippen LogP contribution is 2.23. The Morgan fingerprint density at radius 1 is 1.05 bits per heavy atom. The lowest BCUT2D eigenvalue weighted by atomic mass is 9.45. The number of hydrogen-bond acceptors (Lipinski definition) is 8. The lowest BCUT2D eigenvalue weighted by molar-refractivity contribution is -0.141. The Kier molecular flexibility index (Phi) is 11.6. The number of benzene rings is 2. The van der Waals surface area contributed by atoms with Gasteiger partial charge in [-0.15, -0.1) is 0 Å². The molecule has 1 aliphatic rings. The normalized spacial score (nSPS) is 12.3. The van der Waals surface area contributed by atoms with E-state index < -0.39 is 5.97 Å². The highest BCUT2D eigenvalue weighted by atomic mass is 32.1. The molecule has 0 aliphatic carbocycles. The van der Waals surface area contributed by atoms with Gasteiger partial charge in [-0.2, -0.15) is 12.6 Å². The number of esters is 1. The molecule has 0 radical (unpaired) electrons. The van der Waals surface area contributed by atoms with Gasteiger partial charge in [-0.05, 0) is 86.5 Å². The maximum Gasteiger partial charge on any atom is 0.326 e. The van der Waals surface area contributed by atoms with E-state index in [-0.39, 0.29) is 31.7 Å². The minimum atomic E-state index is -0.528. The number of hydrogen-bond donors (Lipinski definition) is 2. The average molecular weight is 557 g/mol. The molecule has 40 heavy (non-hydrogen) atoms. The average Bonchev–Trinajstić information content (AvgIpc) is 3.01. The Bertz CT molecular complexity index is 1310. The summed E-state index contributed by atoms with van der Waals surface area (Å²) in [7, 11) is 0. The lowest BCUT2D eigenvalue weighted by Gasteiger charge is -2.30. The van der Waals surface area contributed by atoms with Crippen LogP contribution in [0.3, 0.4) is 0 Å². The largest absolute Gasteiger partial charge is 0.465 e. The van der Waals surface area contributed by atoms with Crippen LogP contribution >= 0.6 is 12.6 Å². The van der Waals surface area contributed by atoms with E-state index in [4.69, 9.17) is 10.00 Å². The van der Waals surface area contributed by atoms with Crippen LogP contribution in [0, 0.1) is 11.2 Å². The van der Waals surface area contributed by atoms with Gasteiger partial charge in [-0.1, -0.05) is 0 Å². The predicted molar refractivity (Wildman–Crippen MR) is 161 cm³/mol. The number of nitriles is 1. The van der Waals surface area contributed by atoms with Crippen LogP contribution in [0.1, 0.15) is 27.6 Å². The third-order valence-corrected chi connectivity index (χ3v) is 6.36. The summed E-state index contributed by atoms with van der Waals surface area (Å²) >= 11 is 3.53. The van der Waals surface area contributed by atoms with Crippen molar-refractivity contribution in [3.63, 3.8) is 0 Å². The molecule has 0 saturated carbocycles. The van der Waals surface area contributed by atoms with Crippen LogP contribution in [-0.2, 0) is 9.53 Å². The summed E-state index contributed by atoms with van der Waals surface area (Å²) < 4.78 is 5.04. The molecule has 1 fully saturated rings. The number of rotatable bonds is 8. The van der Waals surface area contributed by atoms with E-state index in [0.717, 1.165) is 31.4 Å². The molecule has 1 aliphatic heterocycles. The molecular weight excluding hydrogens is 525 g/mol. The zero-order valence-electron chi connectivity index (χ0n) is 22.6. The summed E-state index contributed by atoms with van der Waals surface area (Å²) in [6, 6.07) is 17.4. The van der Waals surface area contributed by atoms with Crippen molar-refractivity contribution in [2.45, 2.75) is 19.6 Å². The van der Waals surface area contributed by atoms with E-state index in [9.17, 15) is 14.4 Å². The Morgan fingerprint density at radius 3 is 2.30 bits per heavy atom. The first kappa shape index (κ1) is 30.2. The lowest BCUT2D eigenvalue weighted by Crippen LogP contribution is -2.36. The fraction of sp³-hybridized carbons (Fsp3) is 0.276. The number of pyridine rings is 1. The van der Waals surface area contributed by atoms with Gasteiger partial charge in [0.1, 0.15) is 6.54 Å². The van der Waals surface area contributed by atoms with Crippen molar-refractivity contribution < 1.29 is 19.1 Å². The molecule has 9 nitrogen and oxygen atoms in total. The number of carbonyl (C=O) groups is 3. The van der Waals surface area contributed by atoms with Gasteiger partial charge in [0.2, 0.25) is 0 Å². The van der Waals surface area contributed by atoms with Crippen LogP contribution in [0.25, 0.3) is 0 Å². The SMILES string of the molecule is CCOC(=O)CN(C(=O)c1cccnc1)c1ccc(NC(=O)c2ccc(N3CCB(C#N)CC3)cc2)cc1.CS. The molecule has 4 rings (SSSR count). The minimum Gasteiger partial charge on any atom is -0.465 e. The molecule has 1 saturated heterocycles. The molecule has 1 aromatic heterocycles. The van der Waals surface area contributed by atoms with Gasteiger partial charge >= 0.3 is 5.97 Å². The van der Waals surface area contributed by atoms with Crippen LogP contribution in [-0.4, -0.2) is 62.0 Å². The number of carbonyl (C=O) groups excluding carboxylic acids is 3. The van der Waals surface area contributed by atoms with Crippen LogP contribution in [0.2, 0.25) is 12.6 Å². The Balaban J connectivity index is 0.00000216. The summed E-state index contributed by atoms with van der Waals surface area (Å²) in [5.74, 6) is 1.16. The number of nitrogens with one attached hydrogen (secondary N) is 1. The molecule has 3 aromatic rings. The topological polar surface area (TPSA) is 116 Å². The van der Waals surface area contributed by atoms with Crippen molar-refractivity contribution in [2.24, 2.45) is 0 Å². The zero-order chi connectivity index (χ0) is 28.9. The second-order valence-electron chi connectivity index (χ2n) is 8.88. The molecule has 2 amide bonds. The van der Waals surface area contributed by atoms with Gasteiger partial charge < -0.3 is 15.0 Å². The van der Waals surface area contributed by atoms with Gasteiger partial charge in [-0.3, -0.25) is 24.3 Å². The van der Waals surface area contributed by atoms with Crippen molar-refractivity contribution in [1.29, 1.82) is 5.26 Å². The van der Waals surface area contributed by atoms with E-state index in [0.29, 0.717) is 22.5 Å². The van der Waals surface area contributed by atoms with Crippen molar-refractivity contribution in [3.8, 4) is 5.97 Å². The number of nitrogens with zero attached hydrogens (tertiary/aromatic N) is 4. The maximum absolute atomic E-state index is 13.1. The standard InChI is InChI=1S/C28H28BN5O4.CH4S/c1-2-38-26(35)19-34(28(37)22-4-3-15-31-18-22)25-11-7-23(8-12-25)32-27(36)21-5-9-24(10-6-21)33-16-13-29(20-30)14-17-33;1-2/h3-12,15,18H,2,13-14,16-17,19H2,1H3,(H,32,36);2H,1H3. The molecule has 2 heterocycles. The predicted octanol–water partition coefficient (Wildman–Crippen LogP) is 4.47. The first-order valence-electron chi connectivity index (χ1n) is 13.0. The van der Waals surface area contributed by atoms with Crippen molar-refractivity contribution in [3.05, 3.63) is 84.2 Å². The molecule has 1 N–H and O–H groups in total. The van der Waals surface area contributed by atoms with Crippen LogP contribution < -0.4 is 15.1 Å². The van der Waals surface area contributed by atoms with Gasteiger partial charge in [0.25, 0.3) is 18.5 Å². The van der Waals surface area contributed by atoms with Gasteiger partial charge in [0, 0.05) is 54.1 Å². The zero-order valence-corrected chi connectivity index (χ0v) is 23.5. The Morgan fingerprint density at radius 2 is 1.73 bits per heavy atom. The quantitative estimate of drug-likeness (QED) is 0.239.